The summed E-state index contributed by atoms with van der Waals surface area (Å²) in [6.07, 6.45) is -3.87. The third-order valence-electron chi connectivity index (χ3n) is 4.93. The lowest BCUT2D eigenvalue weighted by Gasteiger charge is -2.46. The summed E-state index contributed by atoms with van der Waals surface area (Å²) >= 11 is 3.18. The number of aliphatic hydroxyl groups is 1. The van der Waals surface area contributed by atoms with E-state index in [0.717, 1.165) is 11.6 Å². The monoisotopic (exact) mass is 440 g/mol. The van der Waals surface area contributed by atoms with Gasteiger partial charge in [-0.15, -0.1) is 0 Å². The van der Waals surface area contributed by atoms with Crippen LogP contribution in [0.5, 0.6) is 0 Å². The van der Waals surface area contributed by atoms with E-state index in [0.29, 0.717) is 24.0 Å². The molecule has 1 saturated carbocycles. The van der Waals surface area contributed by atoms with Gasteiger partial charge in [0.2, 0.25) is 0 Å². The molecular weight excluding hydrogens is 425 g/mol. The van der Waals surface area contributed by atoms with E-state index in [4.69, 9.17) is 0 Å². The zero-order chi connectivity index (χ0) is 19.2. The van der Waals surface area contributed by atoms with Crippen molar-refractivity contribution in [3.05, 3.63) is 58.3 Å². The Morgan fingerprint density at radius 1 is 1.22 bits per heavy atom. The maximum absolute atomic E-state index is 13.2. The lowest BCUT2D eigenvalue weighted by Crippen LogP contribution is -2.49. The van der Waals surface area contributed by atoms with Crippen molar-refractivity contribution in [2.24, 2.45) is 0 Å². The summed E-state index contributed by atoms with van der Waals surface area (Å²) in [5.74, 6) is 0.203. The minimum atomic E-state index is -4.56. The minimum Gasteiger partial charge on any atom is -0.393 e. The van der Waals surface area contributed by atoms with Crippen molar-refractivity contribution in [1.29, 1.82) is 0 Å². The zero-order valence-corrected chi connectivity index (χ0v) is 15.6. The predicted molar refractivity (Wildman–Crippen MR) is 97.5 cm³/mol. The molecule has 0 amide bonds. The third kappa shape index (κ3) is 3.41. The van der Waals surface area contributed by atoms with Gasteiger partial charge < -0.3 is 10.4 Å². The molecule has 27 heavy (non-hydrogen) atoms. The largest absolute Gasteiger partial charge is 0.433 e. The van der Waals surface area contributed by atoms with Gasteiger partial charge in [0.05, 0.1) is 6.10 Å². The van der Waals surface area contributed by atoms with E-state index in [1.807, 2.05) is 30.3 Å². The fourth-order valence-corrected chi connectivity index (χ4v) is 3.96. The summed E-state index contributed by atoms with van der Waals surface area (Å²) in [5.41, 5.74) is -0.168. The van der Waals surface area contributed by atoms with Gasteiger partial charge in [-0.1, -0.05) is 30.3 Å². The molecule has 1 aromatic carbocycles. The Morgan fingerprint density at radius 2 is 1.93 bits per heavy atom. The highest BCUT2D eigenvalue weighted by Gasteiger charge is 2.45. The second-order valence-electron chi connectivity index (χ2n) is 6.82. The second kappa shape index (κ2) is 6.49. The average molecular weight is 441 g/mol. The first-order chi connectivity index (χ1) is 12.8. The van der Waals surface area contributed by atoms with Crippen LogP contribution in [-0.2, 0) is 11.6 Å². The van der Waals surface area contributed by atoms with Crippen LogP contribution >= 0.6 is 15.9 Å². The van der Waals surface area contributed by atoms with Crippen molar-refractivity contribution in [3.63, 3.8) is 0 Å². The van der Waals surface area contributed by atoms with Crippen molar-refractivity contribution in [2.75, 3.05) is 11.9 Å². The van der Waals surface area contributed by atoms with Gasteiger partial charge in [-0.3, -0.25) is 0 Å². The van der Waals surface area contributed by atoms with Gasteiger partial charge in [-0.05, 0) is 34.3 Å². The van der Waals surface area contributed by atoms with Crippen LogP contribution in [0, 0.1) is 0 Å². The molecule has 2 heterocycles. The molecule has 2 aromatic heterocycles. The normalized spacial score (nSPS) is 22.6. The molecule has 142 valence electrons. The topological polar surface area (TPSA) is 62.5 Å². The highest BCUT2D eigenvalue weighted by atomic mass is 79.9. The molecule has 0 aliphatic heterocycles. The maximum Gasteiger partial charge on any atom is 0.433 e. The molecule has 1 fully saturated rings. The van der Waals surface area contributed by atoms with Crippen molar-refractivity contribution in [2.45, 2.75) is 30.5 Å². The summed E-state index contributed by atoms with van der Waals surface area (Å²) in [6, 6.07) is 12.1. The molecule has 1 aliphatic carbocycles. The van der Waals surface area contributed by atoms with Gasteiger partial charge >= 0.3 is 6.18 Å². The van der Waals surface area contributed by atoms with Gasteiger partial charge in [-0.2, -0.15) is 22.8 Å². The number of fused-ring (bicyclic) bond motifs is 1. The molecule has 0 atom stereocenters. The first kappa shape index (κ1) is 18.2. The zero-order valence-electron chi connectivity index (χ0n) is 14.0. The molecule has 2 N–H and O–H groups in total. The molecule has 5 nitrogen and oxygen atoms in total. The van der Waals surface area contributed by atoms with Crippen molar-refractivity contribution in [1.82, 2.24) is 14.6 Å². The van der Waals surface area contributed by atoms with Crippen LogP contribution in [0.4, 0.5) is 19.0 Å². The lowest BCUT2D eigenvalue weighted by molar-refractivity contribution is -0.141. The number of aliphatic hydroxyl groups excluding tert-OH is 1. The van der Waals surface area contributed by atoms with Gasteiger partial charge in [0.25, 0.3) is 0 Å². The van der Waals surface area contributed by atoms with E-state index >= 15 is 0 Å². The Labute approximate surface area is 161 Å². The fraction of sp³-hybridized carbons (Fsp3) is 0.333. The molecule has 3 aromatic rings. The van der Waals surface area contributed by atoms with Crippen LogP contribution in [0.3, 0.4) is 0 Å². The fourth-order valence-electron chi connectivity index (χ4n) is 3.59. The summed E-state index contributed by atoms with van der Waals surface area (Å²) in [6.45, 7) is 0.377. The summed E-state index contributed by atoms with van der Waals surface area (Å²) in [5, 5.41) is 17.1. The van der Waals surface area contributed by atoms with Crippen molar-refractivity contribution >= 4 is 27.4 Å². The van der Waals surface area contributed by atoms with Crippen LogP contribution in [0.1, 0.15) is 24.1 Å². The molecule has 0 unspecified atom stereocenters. The number of benzene rings is 1. The summed E-state index contributed by atoms with van der Waals surface area (Å²) < 4.78 is 41.4. The smallest absolute Gasteiger partial charge is 0.393 e. The van der Waals surface area contributed by atoms with Gasteiger partial charge in [0, 0.05) is 24.1 Å². The first-order valence-corrected chi connectivity index (χ1v) is 9.17. The van der Waals surface area contributed by atoms with Gasteiger partial charge in [0.1, 0.15) is 10.4 Å². The Hall–Kier alpha value is -2.13. The van der Waals surface area contributed by atoms with Crippen LogP contribution in [0.15, 0.2) is 47.1 Å². The van der Waals surface area contributed by atoms with E-state index in [9.17, 15) is 18.3 Å². The minimum absolute atomic E-state index is 0.0987. The van der Waals surface area contributed by atoms with E-state index in [1.165, 1.54) is 10.6 Å². The molecule has 4 rings (SSSR count). The SMILES string of the molecule is OC1CC(CNc2cc(C(F)(F)F)nc3cc(Br)nn23)(c2ccccc2)C1. The van der Waals surface area contributed by atoms with Gasteiger partial charge in [0.15, 0.2) is 11.3 Å². The van der Waals surface area contributed by atoms with E-state index in [2.05, 4.69) is 31.3 Å². The number of hydrogen-bond donors (Lipinski definition) is 2. The van der Waals surface area contributed by atoms with Crippen LogP contribution < -0.4 is 5.32 Å². The highest BCUT2D eigenvalue weighted by molar-refractivity contribution is 9.10. The van der Waals surface area contributed by atoms with Crippen LogP contribution in [0.25, 0.3) is 5.65 Å². The highest BCUT2D eigenvalue weighted by Crippen LogP contribution is 2.44. The predicted octanol–water partition coefficient (Wildman–Crippen LogP) is 4.02. The Bertz CT molecular complexity index is 968. The molecule has 0 bridgehead atoms. The molecule has 9 heteroatoms. The number of rotatable bonds is 4. The lowest BCUT2D eigenvalue weighted by atomic mass is 9.62. The van der Waals surface area contributed by atoms with E-state index < -0.39 is 18.0 Å². The summed E-state index contributed by atoms with van der Waals surface area (Å²) in [4.78, 5) is 3.64. The summed E-state index contributed by atoms with van der Waals surface area (Å²) in [7, 11) is 0. The Kier molecular flexibility index (Phi) is 4.38. The average Bonchev–Trinajstić information content (AvgIpc) is 2.97. The number of halogens is 4. The quantitative estimate of drug-likeness (QED) is 0.643. The number of nitrogens with zero attached hydrogens (tertiary/aromatic N) is 3. The van der Waals surface area contributed by atoms with E-state index in [-0.39, 0.29) is 16.9 Å². The van der Waals surface area contributed by atoms with E-state index in [1.54, 1.807) is 0 Å². The Balaban J connectivity index is 1.68. The third-order valence-corrected chi connectivity index (χ3v) is 5.32. The molecule has 0 spiro atoms. The number of hydrogen-bond acceptors (Lipinski definition) is 4. The number of nitrogens with one attached hydrogen (secondary N) is 1. The molecule has 0 saturated heterocycles. The number of aromatic nitrogens is 3. The molecular formula is C18H16BrF3N4O. The van der Waals surface area contributed by atoms with Crippen LogP contribution in [0.2, 0.25) is 0 Å². The number of anilines is 1. The molecule has 0 radical (unpaired) electrons. The standard InChI is InChI=1S/C18H16BrF3N4O/c19-14-7-16-24-13(18(20,21)22)6-15(26(16)25-14)23-10-17(8-12(27)9-17)11-4-2-1-3-5-11/h1-7,12,23,27H,8-10H2. The maximum atomic E-state index is 13.2. The molecule has 1 aliphatic rings. The van der Waals surface area contributed by atoms with Crippen molar-refractivity contribution in [3.8, 4) is 0 Å². The second-order valence-corrected chi connectivity index (χ2v) is 7.64. The van der Waals surface area contributed by atoms with Crippen LogP contribution in [-0.4, -0.2) is 32.4 Å². The first-order valence-electron chi connectivity index (χ1n) is 8.38. The van der Waals surface area contributed by atoms with Gasteiger partial charge in [-0.25, -0.2) is 4.98 Å². The number of alkyl halides is 3. The Morgan fingerprint density at radius 3 is 2.56 bits per heavy atom. The van der Waals surface area contributed by atoms with Crippen molar-refractivity contribution < 1.29 is 18.3 Å².